The zero-order valence-corrected chi connectivity index (χ0v) is 34.6. The van der Waals surface area contributed by atoms with Crippen molar-refractivity contribution in [1.82, 2.24) is 0 Å². The third kappa shape index (κ3) is 5.80. The van der Waals surface area contributed by atoms with Gasteiger partial charge in [0, 0.05) is 33.9 Å². The van der Waals surface area contributed by atoms with Gasteiger partial charge in [0.15, 0.2) is 0 Å². The van der Waals surface area contributed by atoms with Crippen molar-refractivity contribution < 1.29 is 0 Å². The van der Waals surface area contributed by atoms with Gasteiger partial charge in [0.25, 0.3) is 0 Å². The fourth-order valence-corrected chi connectivity index (χ4v) is 10.5. The Bertz CT molecular complexity index is 3290. The molecule has 1 spiro atoms. The largest absolute Gasteiger partial charge is 0.310 e. The van der Waals surface area contributed by atoms with Crippen LogP contribution in [-0.4, -0.2) is 0 Å². The third-order valence-corrected chi connectivity index (χ3v) is 13.0. The van der Waals surface area contributed by atoms with Gasteiger partial charge in [-0.15, -0.1) is 0 Å². The molecule has 0 saturated heterocycles. The minimum Gasteiger partial charge on any atom is -0.310 e. The van der Waals surface area contributed by atoms with Crippen LogP contribution in [0, 0.1) is 0 Å². The highest BCUT2D eigenvalue weighted by atomic mass is 15.2. The predicted molar refractivity (Wildman–Crippen MR) is 263 cm³/mol. The number of hydrogen-bond acceptors (Lipinski definition) is 2. The van der Waals surface area contributed by atoms with Gasteiger partial charge in [0.1, 0.15) is 0 Å². The molecular formula is C61H42N2. The molecule has 10 aromatic carbocycles. The first-order valence-corrected chi connectivity index (χ1v) is 21.8. The van der Waals surface area contributed by atoms with Gasteiger partial charge >= 0.3 is 0 Å². The van der Waals surface area contributed by atoms with E-state index in [0.717, 1.165) is 34.1 Å². The lowest BCUT2D eigenvalue weighted by Crippen LogP contribution is -2.26. The molecule has 2 aliphatic carbocycles. The van der Waals surface area contributed by atoms with E-state index in [0.29, 0.717) is 0 Å². The molecule has 0 aliphatic heterocycles. The lowest BCUT2D eigenvalue weighted by atomic mass is 9.70. The molecule has 1 unspecified atom stereocenters. The summed E-state index contributed by atoms with van der Waals surface area (Å²) >= 11 is 0. The van der Waals surface area contributed by atoms with Gasteiger partial charge in [-0.05, 0) is 116 Å². The van der Waals surface area contributed by atoms with Gasteiger partial charge in [-0.2, -0.15) is 0 Å². The molecule has 0 heterocycles. The number of anilines is 6. The number of benzene rings is 10. The number of hydrogen-bond donors (Lipinski definition) is 0. The topological polar surface area (TPSA) is 6.48 Å². The Hall–Kier alpha value is -8.20. The van der Waals surface area contributed by atoms with Crippen molar-refractivity contribution >= 4 is 34.1 Å². The summed E-state index contributed by atoms with van der Waals surface area (Å²) in [6.07, 6.45) is 0. The minimum absolute atomic E-state index is 0.570. The highest BCUT2D eigenvalue weighted by molar-refractivity contribution is 6.02. The summed E-state index contributed by atoms with van der Waals surface area (Å²) in [6, 6.07) is 93.2. The number of nitrogens with zero attached hydrogens (tertiary/aromatic N) is 2. The molecule has 0 N–H and O–H groups in total. The van der Waals surface area contributed by atoms with E-state index in [1.807, 2.05) is 0 Å². The minimum atomic E-state index is -0.570. The predicted octanol–water partition coefficient (Wildman–Crippen LogP) is 16.3. The Labute approximate surface area is 369 Å². The lowest BCUT2D eigenvalue weighted by Gasteiger charge is -2.33. The fraction of sp³-hybridized carbons (Fsp3) is 0.0164. The van der Waals surface area contributed by atoms with E-state index in [2.05, 4.69) is 265 Å². The Morgan fingerprint density at radius 1 is 0.238 bits per heavy atom. The maximum atomic E-state index is 2.49. The first kappa shape index (κ1) is 36.6. The number of fused-ring (bicyclic) bond motifs is 10. The fourth-order valence-electron chi connectivity index (χ4n) is 10.5. The summed E-state index contributed by atoms with van der Waals surface area (Å²) in [5, 5.41) is 0. The summed E-state index contributed by atoms with van der Waals surface area (Å²) in [5.74, 6) is 0. The van der Waals surface area contributed by atoms with Crippen LogP contribution in [0.5, 0.6) is 0 Å². The Morgan fingerprint density at radius 3 is 1.38 bits per heavy atom. The molecule has 0 aromatic heterocycles. The smallest absolute Gasteiger partial charge is 0.0727 e. The Kier molecular flexibility index (Phi) is 8.76. The highest BCUT2D eigenvalue weighted by Crippen LogP contribution is 2.65. The van der Waals surface area contributed by atoms with Crippen LogP contribution in [-0.2, 0) is 5.41 Å². The van der Waals surface area contributed by atoms with Crippen LogP contribution in [0.4, 0.5) is 34.1 Å². The van der Waals surface area contributed by atoms with Crippen LogP contribution >= 0.6 is 0 Å². The van der Waals surface area contributed by atoms with Crippen molar-refractivity contribution in [2.75, 3.05) is 9.80 Å². The quantitative estimate of drug-likeness (QED) is 0.151. The molecule has 0 radical (unpaired) electrons. The normalized spacial score (nSPS) is 14.1. The molecule has 296 valence electrons. The summed E-state index contributed by atoms with van der Waals surface area (Å²) < 4.78 is 0. The molecular weight excluding hydrogens is 761 g/mol. The van der Waals surface area contributed by atoms with Gasteiger partial charge < -0.3 is 9.80 Å². The maximum absolute atomic E-state index is 2.49. The van der Waals surface area contributed by atoms with E-state index < -0.39 is 5.41 Å². The molecule has 0 bridgehead atoms. The van der Waals surface area contributed by atoms with E-state index in [4.69, 9.17) is 0 Å². The zero-order chi connectivity index (χ0) is 41.7. The first-order valence-electron chi connectivity index (χ1n) is 21.8. The Balaban J connectivity index is 1.12. The van der Waals surface area contributed by atoms with Crippen LogP contribution < -0.4 is 9.80 Å². The summed E-state index contributed by atoms with van der Waals surface area (Å²) in [4.78, 5) is 4.89. The molecule has 10 aromatic rings. The van der Waals surface area contributed by atoms with Gasteiger partial charge in [-0.25, -0.2) is 0 Å². The van der Waals surface area contributed by atoms with E-state index >= 15 is 0 Å². The molecule has 2 heteroatoms. The lowest BCUT2D eigenvalue weighted by molar-refractivity contribution is 0.793. The van der Waals surface area contributed by atoms with Crippen LogP contribution in [0.25, 0.3) is 44.5 Å². The average Bonchev–Trinajstić information content (AvgIpc) is 3.83. The SMILES string of the molecule is c1ccc(-c2cccc(N(c3ccccc3)c3cccc4c3-c3ccccc3C43c4ccccc4-c4ccc(N(c5ccccc5)c5ccccc5-c5ccccc5)cc43)c2)cc1. The number of rotatable bonds is 8. The molecule has 0 fully saturated rings. The van der Waals surface area contributed by atoms with E-state index in [-0.39, 0.29) is 0 Å². The second kappa shape index (κ2) is 15.1. The van der Waals surface area contributed by atoms with Crippen molar-refractivity contribution in [1.29, 1.82) is 0 Å². The van der Waals surface area contributed by atoms with Crippen molar-refractivity contribution in [3.8, 4) is 44.5 Å². The molecule has 2 aliphatic rings. The molecule has 1 atom stereocenters. The summed E-state index contributed by atoms with van der Waals surface area (Å²) in [6.45, 7) is 0. The van der Waals surface area contributed by atoms with Crippen LogP contribution in [0.1, 0.15) is 22.3 Å². The van der Waals surface area contributed by atoms with Crippen molar-refractivity contribution in [3.63, 3.8) is 0 Å². The maximum Gasteiger partial charge on any atom is 0.0727 e. The summed E-state index contributed by atoms with van der Waals surface area (Å²) in [7, 11) is 0. The molecule has 0 amide bonds. The number of para-hydroxylation sites is 3. The van der Waals surface area contributed by atoms with Crippen molar-refractivity contribution in [2.24, 2.45) is 0 Å². The van der Waals surface area contributed by atoms with Gasteiger partial charge in [0.05, 0.1) is 16.8 Å². The van der Waals surface area contributed by atoms with Gasteiger partial charge in [0.2, 0.25) is 0 Å². The monoisotopic (exact) mass is 802 g/mol. The molecule has 63 heavy (non-hydrogen) atoms. The highest BCUT2D eigenvalue weighted by Gasteiger charge is 2.52. The summed E-state index contributed by atoms with van der Waals surface area (Å²) in [5.41, 5.74) is 21.1. The van der Waals surface area contributed by atoms with E-state index in [9.17, 15) is 0 Å². The van der Waals surface area contributed by atoms with Gasteiger partial charge in [-0.3, -0.25) is 0 Å². The Morgan fingerprint density at radius 2 is 0.683 bits per heavy atom. The average molecular weight is 803 g/mol. The molecule has 12 rings (SSSR count). The third-order valence-electron chi connectivity index (χ3n) is 13.0. The van der Waals surface area contributed by atoms with Crippen molar-refractivity contribution in [2.45, 2.75) is 5.41 Å². The van der Waals surface area contributed by atoms with Crippen LogP contribution in [0.15, 0.2) is 255 Å². The standard InChI is InChI=1S/C61H42N2/c1-5-21-43(22-6-1)45-25-19-30-48(41-45)63(47-28-11-4-12-29-47)59-38-20-36-56-60(59)53-33-14-17-35-55(53)61(56)54-34-16-13-32-51(54)52-40-39-49(42-57(52)61)62(46-26-9-3-10-27-46)58-37-18-15-31-50(58)44-23-7-2-8-24-44/h1-42H. The van der Waals surface area contributed by atoms with Crippen molar-refractivity contribution in [3.05, 3.63) is 277 Å². The van der Waals surface area contributed by atoms with Gasteiger partial charge in [-0.1, -0.05) is 194 Å². The second-order valence-corrected chi connectivity index (χ2v) is 16.4. The van der Waals surface area contributed by atoms with Crippen LogP contribution in [0.3, 0.4) is 0 Å². The zero-order valence-electron chi connectivity index (χ0n) is 34.6. The second-order valence-electron chi connectivity index (χ2n) is 16.4. The van der Waals surface area contributed by atoms with E-state index in [1.165, 1.54) is 66.8 Å². The molecule has 2 nitrogen and oxygen atoms in total. The van der Waals surface area contributed by atoms with E-state index in [1.54, 1.807) is 0 Å². The molecule has 0 saturated carbocycles. The first-order chi connectivity index (χ1) is 31.3. The van der Waals surface area contributed by atoms with Crippen LogP contribution in [0.2, 0.25) is 0 Å².